The van der Waals surface area contributed by atoms with Gasteiger partial charge in [-0.25, -0.2) is 4.98 Å². The maximum atomic E-state index is 4.31. The Bertz CT molecular complexity index is 434. The van der Waals surface area contributed by atoms with Crippen molar-refractivity contribution in [2.45, 2.75) is 19.8 Å². The van der Waals surface area contributed by atoms with E-state index < -0.39 is 0 Å². The van der Waals surface area contributed by atoms with E-state index in [0.717, 1.165) is 25.2 Å². The second-order valence-corrected chi connectivity index (χ2v) is 4.24. The third-order valence-corrected chi connectivity index (χ3v) is 2.70. The Kier molecular flexibility index (Phi) is 4.14. The first-order chi connectivity index (χ1) is 8.34. The first kappa shape index (κ1) is 11.6. The summed E-state index contributed by atoms with van der Waals surface area (Å²) in [6.45, 7) is 3.01. The first-order valence-electron chi connectivity index (χ1n) is 6.05. The van der Waals surface area contributed by atoms with E-state index in [2.05, 4.69) is 46.7 Å². The Morgan fingerprint density at radius 1 is 1.06 bits per heavy atom. The van der Waals surface area contributed by atoms with E-state index >= 15 is 0 Å². The molecule has 88 valence electrons. The molecule has 0 bridgehead atoms. The molecule has 0 aliphatic carbocycles. The third kappa shape index (κ3) is 3.91. The number of nitrogens with one attached hydrogen (secondary N) is 1. The fourth-order valence-electron chi connectivity index (χ4n) is 1.73. The third-order valence-electron chi connectivity index (χ3n) is 2.70. The maximum absolute atomic E-state index is 4.31. The summed E-state index contributed by atoms with van der Waals surface area (Å²) in [5.41, 5.74) is 2.59. The minimum Gasteiger partial charge on any atom is -0.370 e. The molecular formula is C15H18N2. The van der Waals surface area contributed by atoms with Gasteiger partial charge in [-0.3, -0.25) is 0 Å². The van der Waals surface area contributed by atoms with Gasteiger partial charge in [0, 0.05) is 12.7 Å². The van der Waals surface area contributed by atoms with Crippen LogP contribution in [0.2, 0.25) is 0 Å². The molecule has 0 saturated heterocycles. The summed E-state index contributed by atoms with van der Waals surface area (Å²) >= 11 is 0. The molecule has 0 atom stereocenters. The van der Waals surface area contributed by atoms with Gasteiger partial charge < -0.3 is 5.32 Å². The van der Waals surface area contributed by atoms with E-state index in [4.69, 9.17) is 0 Å². The summed E-state index contributed by atoms with van der Waals surface area (Å²) in [6, 6.07) is 14.7. The Morgan fingerprint density at radius 2 is 1.88 bits per heavy atom. The van der Waals surface area contributed by atoms with Crippen LogP contribution in [0.3, 0.4) is 0 Å². The van der Waals surface area contributed by atoms with Crippen molar-refractivity contribution in [3.63, 3.8) is 0 Å². The van der Waals surface area contributed by atoms with Crippen LogP contribution in [0.1, 0.15) is 17.5 Å². The van der Waals surface area contributed by atoms with Crippen molar-refractivity contribution in [2.75, 3.05) is 11.9 Å². The van der Waals surface area contributed by atoms with Gasteiger partial charge in [-0.15, -0.1) is 0 Å². The Labute approximate surface area is 103 Å². The summed E-state index contributed by atoms with van der Waals surface area (Å²) < 4.78 is 0. The van der Waals surface area contributed by atoms with E-state index in [-0.39, 0.29) is 0 Å². The number of pyridine rings is 1. The lowest BCUT2D eigenvalue weighted by molar-refractivity contribution is 0.859. The standard InChI is InChI=1S/C15H18N2/c1-13-9-10-15(17-12-13)16-11-5-8-14-6-3-2-4-7-14/h2-4,6-7,9-10,12H,5,8,11H2,1H3,(H,16,17). The summed E-state index contributed by atoms with van der Waals surface area (Å²) in [6.07, 6.45) is 4.12. The molecule has 2 nitrogen and oxygen atoms in total. The van der Waals surface area contributed by atoms with Gasteiger partial charge in [0.1, 0.15) is 5.82 Å². The molecule has 0 unspecified atom stereocenters. The molecule has 0 fully saturated rings. The van der Waals surface area contributed by atoms with Gasteiger partial charge in [0.15, 0.2) is 0 Å². The Morgan fingerprint density at radius 3 is 2.59 bits per heavy atom. The van der Waals surface area contributed by atoms with Crippen LogP contribution in [0.5, 0.6) is 0 Å². The largest absolute Gasteiger partial charge is 0.370 e. The fourth-order valence-corrected chi connectivity index (χ4v) is 1.73. The normalized spacial score (nSPS) is 10.2. The predicted octanol–water partition coefficient (Wildman–Crippen LogP) is 3.43. The number of anilines is 1. The highest BCUT2D eigenvalue weighted by molar-refractivity contribution is 5.35. The molecule has 1 aromatic heterocycles. The van der Waals surface area contributed by atoms with Crippen LogP contribution in [0.25, 0.3) is 0 Å². The zero-order valence-electron chi connectivity index (χ0n) is 10.2. The van der Waals surface area contributed by atoms with E-state index in [1.165, 1.54) is 11.1 Å². The molecule has 1 aromatic carbocycles. The number of hydrogen-bond donors (Lipinski definition) is 1. The van der Waals surface area contributed by atoms with Crippen LogP contribution >= 0.6 is 0 Å². The van der Waals surface area contributed by atoms with Crippen LogP contribution in [0.15, 0.2) is 48.7 Å². The molecule has 0 amide bonds. The number of benzene rings is 1. The molecule has 0 spiro atoms. The summed E-state index contributed by atoms with van der Waals surface area (Å²) in [5, 5.41) is 3.33. The minimum atomic E-state index is 0.962. The van der Waals surface area contributed by atoms with Crippen LogP contribution in [0, 0.1) is 6.92 Å². The highest BCUT2D eigenvalue weighted by Crippen LogP contribution is 2.05. The molecular weight excluding hydrogens is 208 g/mol. The molecule has 1 N–H and O–H groups in total. The van der Waals surface area contributed by atoms with Crippen molar-refractivity contribution in [3.05, 3.63) is 59.8 Å². The summed E-state index contributed by atoms with van der Waals surface area (Å²) in [7, 11) is 0. The number of nitrogens with zero attached hydrogens (tertiary/aromatic N) is 1. The maximum Gasteiger partial charge on any atom is 0.125 e. The number of aromatic nitrogens is 1. The molecule has 0 aliphatic heterocycles. The lowest BCUT2D eigenvalue weighted by Crippen LogP contribution is -2.04. The molecule has 0 saturated carbocycles. The molecule has 2 aromatic rings. The van der Waals surface area contributed by atoms with Gasteiger partial charge in [-0.1, -0.05) is 36.4 Å². The zero-order valence-corrected chi connectivity index (χ0v) is 10.2. The minimum absolute atomic E-state index is 0.962. The predicted molar refractivity (Wildman–Crippen MR) is 72.2 cm³/mol. The van der Waals surface area contributed by atoms with Crippen molar-refractivity contribution in [3.8, 4) is 0 Å². The van der Waals surface area contributed by atoms with Crippen LogP contribution < -0.4 is 5.32 Å². The topological polar surface area (TPSA) is 24.9 Å². The highest BCUT2D eigenvalue weighted by atomic mass is 15.0. The quantitative estimate of drug-likeness (QED) is 0.790. The highest BCUT2D eigenvalue weighted by Gasteiger charge is 1.94. The first-order valence-corrected chi connectivity index (χ1v) is 6.05. The van der Waals surface area contributed by atoms with Crippen LogP contribution in [-0.4, -0.2) is 11.5 Å². The van der Waals surface area contributed by atoms with E-state index in [0.29, 0.717) is 0 Å². The van der Waals surface area contributed by atoms with E-state index in [9.17, 15) is 0 Å². The van der Waals surface area contributed by atoms with Crippen molar-refractivity contribution in [1.82, 2.24) is 4.98 Å². The van der Waals surface area contributed by atoms with Crippen molar-refractivity contribution in [1.29, 1.82) is 0 Å². The van der Waals surface area contributed by atoms with Gasteiger partial charge >= 0.3 is 0 Å². The van der Waals surface area contributed by atoms with E-state index in [1.807, 2.05) is 19.2 Å². The van der Waals surface area contributed by atoms with Gasteiger partial charge in [-0.2, -0.15) is 0 Å². The molecule has 0 aliphatic rings. The lowest BCUT2D eigenvalue weighted by atomic mass is 10.1. The van der Waals surface area contributed by atoms with Gasteiger partial charge in [0.05, 0.1) is 0 Å². The smallest absolute Gasteiger partial charge is 0.125 e. The average molecular weight is 226 g/mol. The molecule has 0 radical (unpaired) electrons. The second kappa shape index (κ2) is 6.04. The van der Waals surface area contributed by atoms with Gasteiger partial charge in [0.2, 0.25) is 0 Å². The molecule has 2 rings (SSSR count). The summed E-state index contributed by atoms with van der Waals surface area (Å²) in [5.74, 6) is 0.962. The molecule has 1 heterocycles. The summed E-state index contributed by atoms with van der Waals surface area (Å²) in [4.78, 5) is 4.31. The van der Waals surface area contributed by atoms with Crippen molar-refractivity contribution < 1.29 is 0 Å². The number of rotatable bonds is 5. The van der Waals surface area contributed by atoms with Crippen molar-refractivity contribution in [2.24, 2.45) is 0 Å². The molecule has 2 heteroatoms. The SMILES string of the molecule is Cc1ccc(NCCCc2ccccc2)nc1. The molecule has 17 heavy (non-hydrogen) atoms. The second-order valence-electron chi connectivity index (χ2n) is 4.24. The fraction of sp³-hybridized carbons (Fsp3) is 0.267. The van der Waals surface area contributed by atoms with Crippen molar-refractivity contribution >= 4 is 5.82 Å². The number of aryl methyl sites for hydroxylation is 2. The monoisotopic (exact) mass is 226 g/mol. The zero-order chi connectivity index (χ0) is 11.9. The van der Waals surface area contributed by atoms with Crippen LogP contribution in [-0.2, 0) is 6.42 Å². The Hall–Kier alpha value is -1.83. The Balaban J connectivity index is 1.71. The van der Waals surface area contributed by atoms with E-state index in [1.54, 1.807) is 0 Å². The van der Waals surface area contributed by atoms with Gasteiger partial charge in [-0.05, 0) is 37.0 Å². The number of hydrogen-bond acceptors (Lipinski definition) is 2. The lowest BCUT2D eigenvalue weighted by Gasteiger charge is -2.05. The van der Waals surface area contributed by atoms with Crippen LogP contribution in [0.4, 0.5) is 5.82 Å². The average Bonchev–Trinajstić information content (AvgIpc) is 2.38. The van der Waals surface area contributed by atoms with Gasteiger partial charge in [0.25, 0.3) is 0 Å².